The summed E-state index contributed by atoms with van der Waals surface area (Å²) in [6.07, 6.45) is 6.20. The molecule has 5 aliphatic rings. The van der Waals surface area contributed by atoms with Crippen molar-refractivity contribution in [3.63, 3.8) is 0 Å². The van der Waals surface area contributed by atoms with Crippen LogP contribution in [0.2, 0.25) is 0 Å². The highest BCUT2D eigenvalue weighted by molar-refractivity contribution is 7.81. The summed E-state index contributed by atoms with van der Waals surface area (Å²) in [6.45, 7) is 19.1. The first kappa shape index (κ1) is 72.1. The molecule has 3 aromatic rings. The van der Waals surface area contributed by atoms with Gasteiger partial charge in [0.1, 0.15) is 12.6 Å². The maximum Gasteiger partial charge on any atom is 0.416 e. The number of nitrogens with zero attached hydrogens (tertiary/aromatic N) is 5. The molecule has 25 nitrogen and oxygen atoms in total. The fraction of sp³-hybridized carbons (Fsp3) is 0.500. The molecule has 10 amide bonds. The maximum absolute atomic E-state index is 14.2. The van der Waals surface area contributed by atoms with Crippen LogP contribution >= 0.6 is 12.6 Å². The van der Waals surface area contributed by atoms with E-state index in [1.54, 1.807) is 47.5 Å². The summed E-state index contributed by atoms with van der Waals surface area (Å²) < 4.78 is 29.4. The molecule has 8 N–H and O–H groups in total. The largest absolute Gasteiger partial charge is 0.493 e. The van der Waals surface area contributed by atoms with Gasteiger partial charge in [0.25, 0.3) is 11.8 Å². The second-order valence-corrected chi connectivity index (χ2v) is 22.3. The number of likely N-dealkylation sites (tertiary alicyclic amines) is 1. The molecule has 0 spiro atoms. The van der Waals surface area contributed by atoms with E-state index < -0.39 is 53.4 Å². The molecule has 490 valence electrons. The van der Waals surface area contributed by atoms with Crippen molar-refractivity contribution in [3.8, 4) is 23.0 Å². The first-order valence-corrected chi connectivity index (χ1v) is 31.0. The van der Waals surface area contributed by atoms with Gasteiger partial charge in [-0.25, -0.2) is 14.5 Å². The highest BCUT2D eigenvalue weighted by Crippen LogP contribution is 2.43. The van der Waals surface area contributed by atoms with Crippen molar-refractivity contribution >= 4 is 89.4 Å². The van der Waals surface area contributed by atoms with Crippen LogP contribution in [0.3, 0.4) is 0 Å². The molecule has 0 bridgehead atoms. The summed E-state index contributed by atoms with van der Waals surface area (Å²) in [5.74, 6) is -1.12. The van der Waals surface area contributed by atoms with Gasteiger partial charge >= 0.3 is 12.1 Å². The number of aliphatic hydroxyl groups is 1. The second-order valence-electron chi connectivity index (χ2n) is 21.7. The standard InChI is InChI=1S/C58H70N8O14S.C3H8.C2H6.CH4N2O/c1-6-13-41(62-51(68)30-60-50(67)14-9-7-10-19-63-52(69)28-49(81)57(63)74)53(70)61-37-17-15-36(16-18-37)33-80-58(75)66-43-27-48(46(77-5)25-40(43)55(72)65-32-35(3)23-44(65)56(66)73)79-21-12-8-11-20-78-47-26-42-39(24-45(47)76-4)54(71)64-31-34(2)22-38(64)29-59-42;1-3-2;1-2;2-1(3)4/h15-18,24-27,29,38,41,44,49,56,73,81H,2-3,6-14,19-23,28,30-33H2,1,4-5H3,(H,60,67)(H,61,70)(H,62,68);3H2,1-2H3;1-2H3;(H4,2,3,4). The molecular weight excluding hydrogens is 1180 g/mol. The third-order valence-electron chi connectivity index (χ3n) is 14.6. The Labute approximate surface area is 531 Å². The number of rotatable bonds is 25. The van der Waals surface area contributed by atoms with Gasteiger partial charge in [-0.3, -0.25) is 43.5 Å². The van der Waals surface area contributed by atoms with Gasteiger partial charge in [-0.2, -0.15) is 12.6 Å². The SMILES string of the molecule is C=C1CC2C=Nc3cc(OCCCCCOc4cc5c(cc4OC)C(=O)N4CC(=C)CC4C(O)N5C(=O)OCc4ccc(NC(=O)C(CCC)NC(=O)CNC(=O)CCCCCN5C(=O)CC(S)C5=O)cc4)c(OC)cc3C(=O)N2C1.CC.CCC.NC(N)=O. The molecule has 3 saturated heterocycles. The number of benzene rings is 3. The second kappa shape index (κ2) is 35.5. The minimum absolute atomic E-state index is 0.0646. The number of carbonyl (C=O) groups excluding carboxylic acids is 9. The summed E-state index contributed by atoms with van der Waals surface area (Å²) in [5.41, 5.74) is 12.2. The number of nitrogens with one attached hydrogen (secondary N) is 3. The van der Waals surface area contributed by atoms with Crippen LogP contribution in [0.4, 0.5) is 26.7 Å². The summed E-state index contributed by atoms with van der Waals surface area (Å²) in [5, 5.41) is 19.3. The Hall–Kier alpha value is -8.65. The van der Waals surface area contributed by atoms with Gasteiger partial charge < -0.3 is 66.0 Å². The highest BCUT2D eigenvalue weighted by atomic mass is 32.1. The number of imide groups is 1. The molecule has 5 heterocycles. The number of primary amides is 2. The van der Waals surface area contributed by atoms with E-state index in [9.17, 15) is 43.5 Å². The average molecular weight is 1270 g/mol. The molecular formula is C64H88N10O15S. The number of amides is 10. The number of methoxy groups -OCH3 is 2. The maximum atomic E-state index is 14.2. The monoisotopic (exact) mass is 1270 g/mol. The van der Waals surface area contributed by atoms with Crippen LogP contribution in [0.5, 0.6) is 23.0 Å². The Morgan fingerprint density at radius 3 is 1.97 bits per heavy atom. The Balaban J connectivity index is 0.00000154. The lowest BCUT2D eigenvalue weighted by Crippen LogP contribution is -2.50. The molecule has 5 unspecified atom stereocenters. The molecule has 0 aliphatic carbocycles. The number of hydrogen-bond donors (Lipinski definition) is 7. The van der Waals surface area contributed by atoms with Crippen LogP contribution in [0.15, 0.2) is 77.8 Å². The van der Waals surface area contributed by atoms with Crippen molar-refractivity contribution in [2.75, 3.05) is 63.8 Å². The van der Waals surface area contributed by atoms with E-state index in [1.807, 2.05) is 20.8 Å². The lowest BCUT2D eigenvalue weighted by molar-refractivity contribution is -0.138. The zero-order valence-corrected chi connectivity index (χ0v) is 53.5. The molecule has 3 aromatic carbocycles. The minimum Gasteiger partial charge on any atom is -0.493 e. The van der Waals surface area contributed by atoms with Crippen molar-refractivity contribution in [1.29, 1.82) is 0 Å². The molecule has 26 heteroatoms. The fourth-order valence-electron chi connectivity index (χ4n) is 10.4. The van der Waals surface area contributed by atoms with E-state index in [0.29, 0.717) is 111 Å². The molecule has 0 saturated carbocycles. The third kappa shape index (κ3) is 19.7. The van der Waals surface area contributed by atoms with Gasteiger partial charge in [0.2, 0.25) is 29.5 Å². The fourth-order valence-corrected chi connectivity index (χ4v) is 10.7. The molecule has 5 aliphatic heterocycles. The van der Waals surface area contributed by atoms with E-state index in [4.69, 9.17) is 28.5 Å². The summed E-state index contributed by atoms with van der Waals surface area (Å²) in [6, 6.07) is 10.2. The molecule has 0 aromatic heterocycles. The Morgan fingerprint density at radius 1 is 0.767 bits per heavy atom. The smallest absolute Gasteiger partial charge is 0.416 e. The topological polar surface area (TPSA) is 333 Å². The van der Waals surface area contributed by atoms with Crippen molar-refractivity contribution < 1.29 is 71.9 Å². The number of aliphatic hydroxyl groups excluding tert-OH is 1. The highest BCUT2D eigenvalue weighted by Gasteiger charge is 2.46. The van der Waals surface area contributed by atoms with Crippen molar-refractivity contribution in [3.05, 3.63) is 89.5 Å². The summed E-state index contributed by atoms with van der Waals surface area (Å²) in [7, 11) is 2.96. The number of carbonyl (C=O) groups is 9. The predicted molar refractivity (Wildman–Crippen MR) is 343 cm³/mol. The van der Waals surface area contributed by atoms with Crippen molar-refractivity contribution in [1.82, 2.24) is 25.3 Å². The van der Waals surface area contributed by atoms with E-state index >= 15 is 0 Å². The lowest BCUT2D eigenvalue weighted by Gasteiger charge is -2.31. The molecule has 3 fully saturated rings. The van der Waals surface area contributed by atoms with Gasteiger partial charge in [0.05, 0.1) is 73.8 Å². The van der Waals surface area contributed by atoms with Gasteiger partial charge in [0.15, 0.2) is 29.2 Å². The average Bonchev–Trinajstić information content (AvgIpc) is 1.58. The number of urea groups is 1. The van der Waals surface area contributed by atoms with Crippen LogP contribution in [0, 0.1) is 0 Å². The zero-order valence-electron chi connectivity index (χ0n) is 52.6. The van der Waals surface area contributed by atoms with Crippen LogP contribution < -0.4 is 51.3 Å². The Morgan fingerprint density at radius 2 is 1.36 bits per heavy atom. The molecule has 5 atom stereocenters. The number of fused-ring (bicyclic) bond motifs is 4. The number of thiol groups is 1. The first-order valence-electron chi connectivity index (χ1n) is 30.5. The van der Waals surface area contributed by atoms with E-state index in [1.165, 1.54) is 42.6 Å². The van der Waals surface area contributed by atoms with Crippen LogP contribution in [0.1, 0.15) is 144 Å². The van der Waals surface area contributed by atoms with E-state index in [0.717, 1.165) is 10.5 Å². The Bertz CT molecular complexity index is 3100. The molecule has 8 rings (SSSR count). The lowest BCUT2D eigenvalue weighted by atomic mass is 10.1. The number of nitrogens with two attached hydrogens (primary N) is 2. The number of unbranched alkanes of at least 4 members (excludes halogenated alkanes) is 4. The van der Waals surface area contributed by atoms with Gasteiger partial charge in [-0.15, -0.1) is 0 Å². The van der Waals surface area contributed by atoms with Gasteiger partial charge in [-0.05, 0) is 81.2 Å². The van der Waals surface area contributed by atoms with E-state index in [2.05, 4.69) is 72.0 Å². The molecule has 0 radical (unpaired) electrons. The third-order valence-corrected chi connectivity index (χ3v) is 15.1. The normalized spacial score (nSPS) is 18.1. The van der Waals surface area contributed by atoms with Crippen molar-refractivity contribution in [2.45, 2.75) is 154 Å². The number of hydrogen-bond acceptors (Lipinski definition) is 17. The first-order chi connectivity index (χ1) is 43.1. The number of ether oxygens (including phenoxy) is 5. The van der Waals surface area contributed by atoms with E-state index in [-0.39, 0.29) is 105 Å². The zero-order chi connectivity index (χ0) is 66.2. The van der Waals surface area contributed by atoms with Crippen LogP contribution in [0.25, 0.3) is 0 Å². The summed E-state index contributed by atoms with van der Waals surface area (Å²) >= 11 is 4.12. The molecule has 90 heavy (non-hydrogen) atoms. The van der Waals surface area contributed by atoms with Crippen LogP contribution in [-0.2, 0) is 35.3 Å². The quantitative estimate of drug-likeness (QED) is 0.0187. The number of anilines is 2. The number of aliphatic imine (C=N–C) groups is 1. The minimum atomic E-state index is -1.52. The van der Waals surface area contributed by atoms with Gasteiger partial charge in [0, 0.05) is 56.5 Å². The van der Waals surface area contributed by atoms with Crippen LogP contribution in [-0.4, -0.2) is 163 Å². The predicted octanol–water partition coefficient (Wildman–Crippen LogP) is 7.49. The van der Waals surface area contributed by atoms with Gasteiger partial charge in [-0.1, -0.05) is 90.3 Å². The summed E-state index contributed by atoms with van der Waals surface area (Å²) in [4.78, 5) is 123. The van der Waals surface area contributed by atoms with Crippen molar-refractivity contribution in [2.24, 2.45) is 16.5 Å². The Kier molecular flexibility index (Phi) is 28.5.